The highest BCUT2D eigenvalue weighted by atomic mass is 16.2. The highest BCUT2D eigenvalue weighted by molar-refractivity contribution is 6.15. The molecule has 0 unspecified atom stereocenters. The van der Waals surface area contributed by atoms with Gasteiger partial charge in [-0.25, -0.2) is 4.79 Å². The van der Waals surface area contributed by atoms with Gasteiger partial charge in [0, 0.05) is 19.7 Å². The third-order valence-corrected chi connectivity index (χ3v) is 4.98. The van der Waals surface area contributed by atoms with E-state index in [-0.39, 0.29) is 30.5 Å². The van der Waals surface area contributed by atoms with Gasteiger partial charge in [-0.15, -0.1) is 0 Å². The Morgan fingerprint density at radius 2 is 1.63 bits per heavy atom. The zero-order chi connectivity index (χ0) is 19.1. The topological polar surface area (TPSA) is 64.3 Å². The van der Waals surface area contributed by atoms with Crippen molar-refractivity contribution in [3.63, 3.8) is 0 Å². The Balaban J connectivity index is 1.65. The molecule has 6 nitrogen and oxygen atoms in total. The van der Waals surface area contributed by atoms with Crippen LogP contribution in [0.1, 0.15) is 17.5 Å². The van der Waals surface area contributed by atoms with Gasteiger partial charge in [0.15, 0.2) is 0 Å². The quantitative estimate of drug-likeness (QED) is 0.531. The Morgan fingerprint density at radius 1 is 0.926 bits per heavy atom. The van der Waals surface area contributed by atoms with Gasteiger partial charge >= 0.3 is 5.69 Å². The number of amides is 2. The maximum atomic E-state index is 12.7. The van der Waals surface area contributed by atoms with E-state index in [0.29, 0.717) is 5.57 Å². The van der Waals surface area contributed by atoms with Crippen LogP contribution < -0.4 is 5.69 Å². The van der Waals surface area contributed by atoms with Gasteiger partial charge in [-0.1, -0.05) is 36.4 Å². The summed E-state index contributed by atoms with van der Waals surface area (Å²) in [5, 5.41) is 0. The maximum absolute atomic E-state index is 12.7. The number of aryl methyl sites for hydroxylation is 2. The summed E-state index contributed by atoms with van der Waals surface area (Å²) in [7, 11) is 3.44. The summed E-state index contributed by atoms with van der Waals surface area (Å²) < 4.78 is 3.15. The number of carbonyl (C=O) groups excluding carboxylic acids is 2. The molecule has 0 saturated carbocycles. The predicted molar refractivity (Wildman–Crippen MR) is 103 cm³/mol. The van der Waals surface area contributed by atoms with E-state index in [4.69, 9.17) is 0 Å². The number of hydrogen-bond donors (Lipinski definition) is 0. The highest BCUT2D eigenvalue weighted by Gasteiger charge is 2.33. The van der Waals surface area contributed by atoms with Crippen molar-refractivity contribution in [2.75, 3.05) is 0 Å². The fourth-order valence-electron chi connectivity index (χ4n) is 3.47. The first-order chi connectivity index (χ1) is 13.0. The van der Waals surface area contributed by atoms with Gasteiger partial charge in [-0.3, -0.25) is 23.6 Å². The molecule has 1 aromatic heterocycles. The Morgan fingerprint density at radius 3 is 2.37 bits per heavy atom. The molecule has 0 atom stereocenters. The monoisotopic (exact) mass is 361 g/mol. The van der Waals surface area contributed by atoms with Crippen LogP contribution in [0.15, 0.2) is 58.9 Å². The molecule has 1 aliphatic heterocycles. The molecule has 0 spiro atoms. The van der Waals surface area contributed by atoms with Gasteiger partial charge < -0.3 is 0 Å². The van der Waals surface area contributed by atoms with Crippen LogP contribution >= 0.6 is 0 Å². The van der Waals surface area contributed by atoms with Gasteiger partial charge in [-0.2, -0.15) is 0 Å². The Hall–Kier alpha value is -3.41. The second-order valence-electron chi connectivity index (χ2n) is 6.77. The van der Waals surface area contributed by atoms with Gasteiger partial charge in [0.05, 0.1) is 24.0 Å². The largest absolute Gasteiger partial charge is 0.328 e. The molecule has 2 amide bonds. The fourth-order valence-corrected chi connectivity index (χ4v) is 3.47. The lowest BCUT2D eigenvalue weighted by atomic mass is 10.1. The van der Waals surface area contributed by atoms with Crippen LogP contribution in [0.25, 0.3) is 17.1 Å². The van der Waals surface area contributed by atoms with Crippen LogP contribution in [0.2, 0.25) is 0 Å². The third kappa shape index (κ3) is 2.89. The predicted octanol–water partition coefficient (Wildman–Crippen LogP) is 2.22. The molecular formula is C21H19N3O3. The van der Waals surface area contributed by atoms with Crippen LogP contribution in [0, 0.1) is 0 Å². The van der Waals surface area contributed by atoms with Gasteiger partial charge in [-0.05, 0) is 29.3 Å². The van der Waals surface area contributed by atoms with E-state index in [1.54, 1.807) is 29.3 Å². The number of hydrogen-bond acceptors (Lipinski definition) is 3. The average Bonchev–Trinajstić information content (AvgIpc) is 3.05. The van der Waals surface area contributed by atoms with Crippen LogP contribution in [-0.2, 0) is 30.2 Å². The number of rotatable bonds is 3. The lowest BCUT2D eigenvalue weighted by molar-refractivity contribution is -0.138. The van der Waals surface area contributed by atoms with Crippen molar-refractivity contribution in [3.8, 4) is 0 Å². The second-order valence-corrected chi connectivity index (χ2v) is 6.77. The highest BCUT2D eigenvalue weighted by Crippen LogP contribution is 2.24. The van der Waals surface area contributed by atoms with Crippen molar-refractivity contribution >= 4 is 28.9 Å². The smallest absolute Gasteiger partial charge is 0.295 e. The Labute approximate surface area is 155 Å². The molecule has 0 aliphatic carbocycles. The summed E-state index contributed by atoms with van der Waals surface area (Å²) in [6.07, 6.45) is 1.83. The minimum absolute atomic E-state index is 0.0947. The first kappa shape index (κ1) is 17.0. The SMILES string of the molecule is Cn1c(=O)n(C)c2cc(C=C3CC(=O)N(Cc4ccccc4)C3=O)ccc21. The van der Waals surface area contributed by atoms with E-state index in [9.17, 15) is 14.4 Å². The number of fused-ring (bicyclic) bond motifs is 1. The zero-order valence-electron chi connectivity index (χ0n) is 15.2. The zero-order valence-corrected chi connectivity index (χ0v) is 15.2. The van der Waals surface area contributed by atoms with E-state index in [2.05, 4.69) is 0 Å². The van der Waals surface area contributed by atoms with E-state index in [0.717, 1.165) is 22.2 Å². The molecule has 0 N–H and O–H groups in total. The second kappa shape index (κ2) is 6.39. The van der Waals surface area contributed by atoms with E-state index in [1.807, 2.05) is 48.5 Å². The van der Waals surface area contributed by atoms with Crippen molar-refractivity contribution in [2.24, 2.45) is 14.1 Å². The summed E-state index contributed by atoms with van der Waals surface area (Å²) in [5.41, 5.74) is 3.69. The Bertz CT molecular complexity index is 1150. The third-order valence-electron chi connectivity index (χ3n) is 4.98. The van der Waals surface area contributed by atoms with Crippen molar-refractivity contribution in [2.45, 2.75) is 13.0 Å². The molecule has 3 aromatic rings. The molecule has 1 fully saturated rings. The minimum atomic E-state index is -0.258. The number of nitrogens with zero attached hydrogens (tertiary/aromatic N) is 3. The summed E-state index contributed by atoms with van der Waals surface area (Å²) in [6, 6.07) is 15.0. The minimum Gasteiger partial charge on any atom is -0.295 e. The first-order valence-electron chi connectivity index (χ1n) is 8.70. The molecular weight excluding hydrogens is 342 g/mol. The standard InChI is InChI=1S/C21H19N3O3/c1-22-17-9-8-15(11-18(17)23(2)21(22)27)10-16-12-19(25)24(20(16)26)13-14-6-4-3-5-7-14/h3-11H,12-13H2,1-2H3. The van der Waals surface area contributed by atoms with Crippen LogP contribution in [-0.4, -0.2) is 25.8 Å². The molecule has 0 radical (unpaired) electrons. The van der Waals surface area contributed by atoms with Crippen LogP contribution in [0.5, 0.6) is 0 Å². The summed E-state index contributed by atoms with van der Waals surface area (Å²) in [5.74, 6) is -0.450. The molecule has 2 heterocycles. The first-order valence-corrected chi connectivity index (χ1v) is 8.70. The fraction of sp³-hybridized carbons (Fsp3) is 0.190. The van der Waals surface area contributed by atoms with E-state index >= 15 is 0 Å². The number of benzene rings is 2. The number of aromatic nitrogens is 2. The van der Waals surface area contributed by atoms with Crippen LogP contribution in [0.4, 0.5) is 0 Å². The number of imide groups is 1. The number of imidazole rings is 1. The van der Waals surface area contributed by atoms with Crippen molar-refractivity contribution in [1.29, 1.82) is 0 Å². The van der Waals surface area contributed by atoms with Gasteiger partial charge in [0.1, 0.15) is 0 Å². The van der Waals surface area contributed by atoms with Gasteiger partial charge in [0.25, 0.3) is 5.91 Å². The van der Waals surface area contributed by atoms with Gasteiger partial charge in [0.2, 0.25) is 5.91 Å². The lowest BCUT2D eigenvalue weighted by Crippen LogP contribution is -2.28. The molecule has 6 heteroatoms. The number of likely N-dealkylation sites (tertiary alicyclic amines) is 1. The average molecular weight is 361 g/mol. The molecule has 4 rings (SSSR count). The molecule has 0 bridgehead atoms. The summed E-state index contributed by atoms with van der Waals surface area (Å²) in [4.78, 5) is 38.4. The lowest BCUT2D eigenvalue weighted by Gasteiger charge is -2.13. The van der Waals surface area contributed by atoms with E-state index < -0.39 is 0 Å². The summed E-state index contributed by atoms with van der Waals surface area (Å²) >= 11 is 0. The van der Waals surface area contributed by atoms with Crippen LogP contribution in [0.3, 0.4) is 0 Å². The molecule has 2 aromatic carbocycles. The Kier molecular flexibility index (Phi) is 4.03. The van der Waals surface area contributed by atoms with E-state index in [1.165, 1.54) is 4.90 Å². The van der Waals surface area contributed by atoms with Crippen molar-refractivity contribution < 1.29 is 9.59 Å². The number of carbonyl (C=O) groups is 2. The van der Waals surface area contributed by atoms with Crippen molar-refractivity contribution in [1.82, 2.24) is 14.0 Å². The molecule has 136 valence electrons. The molecule has 1 aliphatic rings. The molecule has 1 saturated heterocycles. The van der Waals surface area contributed by atoms with Crippen molar-refractivity contribution in [3.05, 3.63) is 75.7 Å². The normalized spacial score (nSPS) is 16.1. The molecule has 27 heavy (non-hydrogen) atoms. The summed E-state index contributed by atoms with van der Waals surface area (Å²) in [6.45, 7) is 0.280. The maximum Gasteiger partial charge on any atom is 0.328 e.